The summed E-state index contributed by atoms with van der Waals surface area (Å²) in [7, 11) is -3.95. The van der Waals surface area contributed by atoms with Crippen LogP contribution in [0.3, 0.4) is 0 Å². The predicted octanol–water partition coefficient (Wildman–Crippen LogP) is 4.09. The molecule has 1 heterocycles. The minimum absolute atomic E-state index is 0.128. The maximum Gasteiger partial charge on any atom is 0.339 e. The number of rotatable bonds is 5. The number of carbonyl (C=O) groups excluding carboxylic acids is 1. The normalized spacial score (nSPS) is 11.2. The molecule has 27 heavy (non-hydrogen) atoms. The van der Waals surface area contributed by atoms with Gasteiger partial charge in [-0.15, -0.1) is 11.3 Å². The van der Waals surface area contributed by atoms with Crippen molar-refractivity contribution in [2.75, 3.05) is 5.32 Å². The van der Waals surface area contributed by atoms with Gasteiger partial charge in [0.05, 0.1) is 5.69 Å². The third-order valence-corrected chi connectivity index (χ3v) is 6.04. The van der Waals surface area contributed by atoms with Gasteiger partial charge in [0.2, 0.25) is 0 Å². The highest BCUT2D eigenvalue weighted by molar-refractivity contribution is 7.87. The first-order valence-electron chi connectivity index (χ1n) is 8.10. The van der Waals surface area contributed by atoms with Crippen LogP contribution in [0.1, 0.15) is 27.2 Å². The van der Waals surface area contributed by atoms with Crippen LogP contribution < -0.4 is 9.50 Å². The molecule has 0 aliphatic rings. The van der Waals surface area contributed by atoms with E-state index in [2.05, 4.69) is 10.3 Å². The molecule has 6 nitrogen and oxygen atoms in total. The molecule has 1 N–H and O–H groups in total. The van der Waals surface area contributed by atoms with Gasteiger partial charge in [-0.05, 0) is 62.2 Å². The Hall–Kier alpha value is -2.71. The van der Waals surface area contributed by atoms with Gasteiger partial charge in [0.15, 0.2) is 5.13 Å². The molecule has 1 amide bonds. The van der Waals surface area contributed by atoms with Gasteiger partial charge in [0.1, 0.15) is 10.6 Å². The van der Waals surface area contributed by atoms with Crippen LogP contribution >= 0.6 is 11.3 Å². The summed E-state index contributed by atoms with van der Waals surface area (Å²) in [6, 6.07) is 11.1. The molecule has 0 atom stereocenters. The van der Waals surface area contributed by atoms with E-state index < -0.39 is 10.1 Å². The standard InChI is InChI=1S/C19H18N2O4S2/c1-12-4-5-13(2)17(10-12)27(23,24)25-16-8-6-15(7-9-16)18(22)21-19-20-14(3)11-26-19/h4-11H,1-3H3,(H,20,21,22). The van der Waals surface area contributed by atoms with Crippen LogP contribution in [-0.2, 0) is 10.1 Å². The van der Waals surface area contributed by atoms with Crippen molar-refractivity contribution in [1.82, 2.24) is 4.98 Å². The molecule has 0 saturated carbocycles. The van der Waals surface area contributed by atoms with Crippen LogP contribution in [0.5, 0.6) is 5.75 Å². The lowest BCUT2D eigenvalue weighted by Crippen LogP contribution is -2.13. The lowest BCUT2D eigenvalue weighted by Gasteiger charge is -2.10. The van der Waals surface area contributed by atoms with Gasteiger partial charge in [-0.3, -0.25) is 10.1 Å². The summed E-state index contributed by atoms with van der Waals surface area (Å²) in [6.45, 7) is 5.37. The maximum absolute atomic E-state index is 12.5. The first-order chi connectivity index (χ1) is 12.7. The molecule has 1 aromatic heterocycles. The van der Waals surface area contributed by atoms with Gasteiger partial charge in [0, 0.05) is 10.9 Å². The molecule has 2 aromatic carbocycles. The fraction of sp³-hybridized carbons (Fsp3) is 0.158. The van der Waals surface area contributed by atoms with Crippen LogP contribution in [0.25, 0.3) is 0 Å². The third-order valence-electron chi connectivity index (χ3n) is 3.77. The van der Waals surface area contributed by atoms with Crippen molar-refractivity contribution in [3.8, 4) is 5.75 Å². The van der Waals surface area contributed by atoms with Crippen molar-refractivity contribution in [2.24, 2.45) is 0 Å². The molecule has 0 unspecified atom stereocenters. The number of benzene rings is 2. The van der Waals surface area contributed by atoms with Gasteiger partial charge >= 0.3 is 10.1 Å². The number of aryl methyl sites for hydroxylation is 3. The van der Waals surface area contributed by atoms with Gasteiger partial charge < -0.3 is 4.18 Å². The molecule has 8 heteroatoms. The number of carbonyl (C=O) groups is 1. The molecule has 0 aliphatic carbocycles. The molecular formula is C19H18N2O4S2. The summed E-state index contributed by atoms with van der Waals surface area (Å²) in [5.41, 5.74) is 2.64. The zero-order valence-corrected chi connectivity index (χ0v) is 16.6. The Bertz CT molecular complexity index is 1090. The summed E-state index contributed by atoms with van der Waals surface area (Å²) in [4.78, 5) is 16.5. The van der Waals surface area contributed by atoms with E-state index >= 15 is 0 Å². The minimum atomic E-state index is -3.95. The Balaban J connectivity index is 1.75. The fourth-order valence-corrected chi connectivity index (χ4v) is 4.32. The van der Waals surface area contributed by atoms with E-state index in [0.29, 0.717) is 16.3 Å². The van der Waals surface area contributed by atoms with Crippen molar-refractivity contribution >= 4 is 32.5 Å². The summed E-state index contributed by atoms with van der Waals surface area (Å²) in [6.07, 6.45) is 0. The number of nitrogens with zero attached hydrogens (tertiary/aromatic N) is 1. The predicted molar refractivity (Wildman–Crippen MR) is 105 cm³/mol. The van der Waals surface area contributed by atoms with E-state index in [1.54, 1.807) is 19.1 Å². The Kier molecular flexibility index (Phi) is 5.29. The highest BCUT2D eigenvalue weighted by atomic mass is 32.2. The Morgan fingerprint density at radius 2 is 1.78 bits per heavy atom. The summed E-state index contributed by atoms with van der Waals surface area (Å²) >= 11 is 1.34. The van der Waals surface area contributed by atoms with Crippen molar-refractivity contribution in [2.45, 2.75) is 25.7 Å². The number of amides is 1. The second-order valence-electron chi connectivity index (χ2n) is 6.08. The number of aromatic nitrogens is 1. The zero-order chi connectivity index (χ0) is 19.6. The van der Waals surface area contributed by atoms with Crippen molar-refractivity contribution < 1.29 is 17.4 Å². The van der Waals surface area contributed by atoms with E-state index in [1.807, 2.05) is 25.3 Å². The molecule has 0 spiro atoms. The SMILES string of the molecule is Cc1ccc(C)c(S(=O)(=O)Oc2ccc(C(=O)Nc3nc(C)cs3)cc2)c1. The highest BCUT2D eigenvalue weighted by Gasteiger charge is 2.20. The summed E-state index contributed by atoms with van der Waals surface area (Å²) < 4.78 is 30.3. The van der Waals surface area contributed by atoms with Crippen molar-refractivity contribution in [1.29, 1.82) is 0 Å². The van der Waals surface area contributed by atoms with Crippen LogP contribution in [0.4, 0.5) is 5.13 Å². The van der Waals surface area contributed by atoms with Gasteiger partial charge in [-0.25, -0.2) is 4.98 Å². The van der Waals surface area contributed by atoms with Gasteiger partial charge in [0.25, 0.3) is 5.91 Å². The molecule has 0 saturated heterocycles. The average Bonchev–Trinajstić information content (AvgIpc) is 3.02. The largest absolute Gasteiger partial charge is 0.379 e. The third kappa shape index (κ3) is 4.53. The van der Waals surface area contributed by atoms with Crippen molar-refractivity contribution in [3.05, 3.63) is 70.2 Å². The number of hydrogen-bond acceptors (Lipinski definition) is 6. The second-order valence-corrected chi connectivity index (χ2v) is 8.45. The fourth-order valence-electron chi connectivity index (χ4n) is 2.39. The summed E-state index contributed by atoms with van der Waals surface area (Å²) in [5.74, 6) is -0.189. The quantitative estimate of drug-likeness (QED) is 0.650. The minimum Gasteiger partial charge on any atom is -0.379 e. The molecule has 0 aliphatic heterocycles. The first-order valence-corrected chi connectivity index (χ1v) is 10.4. The molecule has 0 bridgehead atoms. The molecule has 0 radical (unpaired) electrons. The van der Waals surface area contributed by atoms with Crippen LogP contribution in [0.2, 0.25) is 0 Å². The lowest BCUT2D eigenvalue weighted by atomic mass is 10.2. The summed E-state index contributed by atoms with van der Waals surface area (Å²) in [5, 5.41) is 5.04. The van der Waals surface area contributed by atoms with E-state index in [1.165, 1.54) is 35.6 Å². The molecule has 3 aromatic rings. The number of hydrogen-bond donors (Lipinski definition) is 1. The Morgan fingerprint density at radius 1 is 1.07 bits per heavy atom. The number of thiazole rings is 1. The van der Waals surface area contributed by atoms with Gasteiger partial charge in [-0.2, -0.15) is 8.42 Å². The topological polar surface area (TPSA) is 85.4 Å². The zero-order valence-electron chi connectivity index (χ0n) is 15.0. The number of nitrogens with one attached hydrogen (secondary N) is 1. The second kappa shape index (κ2) is 7.50. The smallest absolute Gasteiger partial charge is 0.339 e. The number of anilines is 1. The van der Waals surface area contributed by atoms with E-state index in [0.717, 1.165) is 11.3 Å². The average molecular weight is 402 g/mol. The molecule has 3 rings (SSSR count). The lowest BCUT2D eigenvalue weighted by molar-refractivity contribution is 0.102. The molecule has 0 fully saturated rings. The first kappa shape index (κ1) is 19.1. The van der Waals surface area contributed by atoms with Crippen LogP contribution in [0.15, 0.2) is 52.7 Å². The molecule has 140 valence electrons. The van der Waals surface area contributed by atoms with Gasteiger partial charge in [-0.1, -0.05) is 12.1 Å². The van der Waals surface area contributed by atoms with E-state index in [-0.39, 0.29) is 16.6 Å². The highest BCUT2D eigenvalue weighted by Crippen LogP contribution is 2.23. The Labute approximate surface area is 162 Å². The Morgan fingerprint density at radius 3 is 2.41 bits per heavy atom. The van der Waals surface area contributed by atoms with Crippen molar-refractivity contribution in [3.63, 3.8) is 0 Å². The monoisotopic (exact) mass is 402 g/mol. The maximum atomic E-state index is 12.5. The van der Waals surface area contributed by atoms with E-state index in [4.69, 9.17) is 4.18 Å². The molecular weight excluding hydrogens is 384 g/mol. The van der Waals surface area contributed by atoms with E-state index in [9.17, 15) is 13.2 Å². The van der Waals surface area contributed by atoms with Crippen LogP contribution in [-0.4, -0.2) is 19.3 Å². The van der Waals surface area contributed by atoms with Crippen LogP contribution in [0, 0.1) is 20.8 Å².